The second-order valence-corrected chi connectivity index (χ2v) is 7.33. The summed E-state index contributed by atoms with van der Waals surface area (Å²) >= 11 is 0. The molecule has 4 rings (SSSR count). The van der Waals surface area contributed by atoms with E-state index in [0.29, 0.717) is 6.54 Å². The lowest BCUT2D eigenvalue weighted by atomic mass is 9.97. The number of aromatic amines is 1. The number of anilines is 1. The summed E-state index contributed by atoms with van der Waals surface area (Å²) in [5.74, 6) is 1.04. The fourth-order valence-corrected chi connectivity index (χ4v) is 3.83. The highest BCUT2D eigenvalue weighted by Crippen LogP contribution is 2.23. The van der Waals surface area contributed by atoms with Gasteiger partial charge in [-0.05, 0) is 49.4 Å². The van der Waals surface area contributed by atoms with Gasteiger partial charge in [0.05, 0.1) is 17.0 Å². The highest BCUT2D eigenvalue weighted by atomic mass is 16.1. The fraction of sp³-hybridized carbons (Fsp3) is 0.364. The molecule has 5 nitrogen and oxygen atoms in total. The Morgan fingerprint density at radius 1 is 1.22 bits per heavy atom. The van der Waals surface area contributed by atoms with Gasteiger partial charge in [0, 0.05) is 19.6 Å². The topological polar surface area (TPSA) is 61.0 Å². The molecule has 27 heavy (non-hydrogen) atoms. The average Bonchev–Trinajstić information content (AvgIpc) is 3.14. The first-order chi connectivity index (χ1) is 13.2. The van der Waals surface area contributed by atoms with Crippen LogP contribution in [-0.2, 0) is 11.2 Å². The summed E-state index contributed by atoms with van der Waals surface area (Å²) in [6.45, 7) is 4.46. The zero-order valence-electron chi connectivity index (χ0n) is 15.7. The van der Waals surface area contributed by atoms with Crippen LogP contribution in [0.4, 0.5) is 5.95 Å². The zero-order valence-corrected chi connectivity index (χ0v) is 15.7. The van der Waals surface area contributed by atoms with Crippen molar-refractivity contribution < 1.29 is 4.79 Å². The normalized spacial score (nSPS) is 17.2. The molecule has 1 unspecified atom stereocenters. The van der Waals surface area contributed by atoms with Gasteiger partial charge >= 0.3 is 0 Å². The summed E-state index contributed by atoms with van der Waals surface area (Å²) in [4.78, 5) is 22.9. The van der Waals surface area contributed by atoms with Crippen molar-refractivity contribution >= 4 is 22.9 Å². The third-order valence-electron chi connectivity index (χ3n) is 5.42. The zero-order chi connectivity index (χ0) is 18.6. The number of piperidine rings is 1. The van der Waals surface area contributed by atoms with Gasteiger partial charge in [0.25, 0.3) is 0 Å². The maximum absolute atomic E-state index is 12.7. The molecule has 0 bridgehead atoms. The Labute approximate surface area is 159 Å². The minimum absolute atomic E-state index is 0.0174. The molecule has 2 aromatic carbocycles. The largest absolute Gasteiger partial charge is 0.355 e. The molecule has 1 amide bonds. The second-order valence-electron chi connectivity index (χ2n) is 7.33. The van der Waals surface area contributed by atoms with Crippen LogP contribution in [0, 0.1) is 12.8 Å². The predicted octanol–water partition coefficient (Wildman–Crippen LogP) is 3.45. The fourth-order valence-electron chi connectivity index (χ4n) is 3.83. The molecule has 0 spiro atoms. The van der Waals surface area contributed by atoms with E-state index < -0.39 is 0 Å². The molecule has 1 atom stereocenters. The summed E-state index contributed by atoms with van der Waals surface area (Å²) in [5, 5.41) is 3.13. The lowest BCUT2D eigenvalue weighted by Gasteiger charge is -2.31. The molecule has 2 N–H and O–H groups in total. The Hall–Kier alpha value is -2.82. The number of nitrogens with zero attached hydrogens (tertiary/aromatic N) is 2. The van der Waals surface area contributed by atoms with E-state index in [-0.39, 0.29) is 11.8 Å². The van der Waals surface area contributed by atoms with Crippen molar-refractivity contribution in [2.75, 3.05) is 24.5 Å². The first kappa shape index (κ1) is 17.6. The van der Waals surface area contributed by atoms with Crippen molar-refractivity contribution in [2.45, 2.75) is 26.2 Å². The summed E-state index contributed by atoms with van der Waals surface area (Å²) < 4.78 is 0. The van der Waals surface area contributed by atoms with Crippen molar-refractivity contribution in [3.05, 3.63) is 59.7 Å². The third-order valence-corrected chi connectivity index (χ3v) is 5.42. The number of H-pyrrole nitrogens is 1. The molecule has 1 aliphatic rings. The van der Waals surface area contributed by atoms with Gasteiger partial charge in [-0.15, -0.1) is 0 Å². The van der Waals surface area contributed by atoms with Crippen LogP contribution in [0.1, 0.15) is 24.0 Å². The van der Waals surface area contributed by atoms with Crippen LogP contribution >= 0.6 is 0 Å². The van der Waals surface area contributed by atoms with Crippen LogP contribution in [0.3, 0.4) is 0 Å². The Kier molecular flexibility index (Phi) is 5.10. The number of aryl methyl sites for hydroxylation is 1. The molecule has 1 saturated heterocycles. The van der Waals surface area contributed by atoms with E-state index in [1.807, 2.05) is 30.3 Å². The highest BCUT2D eigenvalue weighted by molar-refractivity contribution is 5.80. The van der Waals surface area contributed by atoms with Crippen LogP contribution < -0.4 is 10.2 Å². The molecule has 1 aliphatic heterocycles. The number of para-hydroxylation sites is 2. The van der Waals surface area contributed by atoms with Crippen molar-refractivity contribution in [3.8, 4) is 0 Å². The van der Waals surface area contributed by atoms with Crippen molar-refractivity contribution in [3.63, 3.8) is 0 Å². The monoisotopic (exact) mass is 362 g/mol. The van der Waals surface area contributed by atoms with Gasteiger partial charge < -0.3 is 15.2 Å². The van der Waals surface area contributed by atoms with Crippen LogP contribution in [-0.4, -0.2) is 35.5 Å². The van der Waals surface area contributed by atoms with E-state index >= 15 is 0 Å². The molecule has 1 fully saturated rings. The standard InChI is InChI=1S/C22H26N4O/c1-16-7-2-3-8-17(16)12-13-23-21(27)18-9-6-14-26(15-18)22-24-19-10-4-5-11-20(19)25-22/h2-5,7-8,10-11,18H,6,9,12-15H2,1H3,(H,23,27)(H,24,25). The summed E-state index contributed by atoms with van der Waals surface area (Å²) in [5.41, 5.74) is 4.58. The lowest BCUT2D eigenvalue weighted by Crippen LogP contribution is -2.43. The number of carbonyl (C=O) groups excluding carboxylic acids is 1. The summed E-state index contributed by atoms with van der Waals surface area (Å²) in [6, 6.07) is 16.4. The summed E-state index contributed by atoms with van der Waals surface area (Å²) in [6.07, 6.45) is 2.82. The second kappa shape index (κ2) is 7.82. The average molecular weight is 362 g/mol. The Balaban J connectivity index is 1.34. The minimum Gasteiger partial charge on any atom is -0.355 e. The van der Waals surface area contributed by atoms with Gasteiger partial charge in [0.15, 0.2) is 0 Å². The van der Waals surface area contributed by atoms with E-state index in [1.165, 1.54) is 11.1 Å². The van der Waals surface area contributed by atoms with Crippen molar-refractivity contribution in [2.24, 2.45) is 5.92 Å². The van der Waals surface area contributed by atoms with E-state index in [2.05, 4.69) is 45.3 Å². The Morgan fingerprint density at radius 3 is 2.89 bits per heavy atom. The first-order valence-corrected chi connectivity index (χ1v) is 9.72. The molecule has 140 valence electrons. The SMILES string of the molecule is Cc1ccccc1CCNC(=O)C1CCCN(c2nc3ccccc3[nH]2)C1. The van der Waals surface area contributed by atoms with Gasteiger partial charge in [-0.3, -0.25) is 4.79 Å². The number of carbonyl (C=O) groups is 1. The van der Waals surface area contributed by atoms with Gasteiger partial charge in [-0.1, -0.05) is 36.4 Å². The number of fused-ring (bicyclic) bond motifs is 1. The number of hydrogen-bond acceptors (Lipinski definition) is 3. The van der Waals surface area contributed by atoms with Crippen molar-refractivity contribution in [1.29, 1.82) is 0 Å². The number of imidazole rings is 1. The highest BCUT2D eigenvalue weighted by Gasteiger charge is 2.27. The number of amides is 1. The molecule has 5 heteroatoms. The predicted molar refractivity (Wildman–Crippen MR) is 109 cm³/mol. The molecule has 2 heterocycles. The van der Waals surface area contributed by atoms with Gasteiger partial charge in [0.2, 0.25) is 11.9 Å². The van der Waals surface area contributed by atoms with Gasteiger partial charge in [-0.2, -0.15) is 0 Å². The number of nitrogens with one attached hydrogen (secondary N) is 2. The van der Waals surface area contributed by atoms with Crippen LogP contribution in [0.2, 0.25) is 0 Å². The molecule has 0 aliphatic carbocycles. The Morgan fingerprint density at radius 2 is 2.04 bits per heavy atom. The number of hydrogen-bond donors (Lipinski definition) is 2. The molecule has 0 saturated carbocycles. The van der Waals surface area contributed by atoms with Crippen molar-refractivity contribution in [1.82, 2.24) is 15.3 Å². The summed E-state index contributed by atoms with van der Waals surface area (Å²) in [7, 11) is 0. The molecular formula is C22H26N4O. The van der Waals surface area contributed by atoms with E-state index in [4.69, 9.17) is 0 Å². The maximum Gasteiger partial charge on any atom is 0.224 e. The van der Waals surface area contributed by atoms with E-state index in [9.17, 15) is 4.79 Å². The van der Waals surface area contributed by atoms with E-state index in [0.717, 1.165) is 49.3 Å². The molecular weight excluding hydrogens is 336 g/mol. The Bertz CT molecular complexity index is 900. The van der Waals surface area contributed by atoms with E-state index in [1.54, 1.807) is 0 Å². The van der Waals surface area contributed by atoms with Crippen LogP contribution in [0.25, 0.3) is 11.0 Å². The van der Waals surface area contributed by atoms with Crippen LogP contribution in [0.15, 0.2) is 48.5 Å². The number of rotatable bonds is 5. The molecule has 0 radical (unpaired) electrons. The smallest absolute Gasteiger partial charge is 0.224 e. The number of aromatic nitrogens is 2. The van der Waals surface area contributed by atoms with Gasteiger partial charge in [0.1, 0.15) is 0 Å². The van der Waals surface area contributed by atoms with Gasteiger partial charge in [-0.25, -0.2) is 4.98 Å². The molecule has 1 aromatic heterocycles. The number of benzene rings is 2. The first-order valence-electron chi connectivity index (χ1n) is 9.72. The van der Waals surface area contributed by atoms with Crippen LogP contribution in [0.5, 0.6) is 0 Å². The third kappa shape index (κ3) is 3.97. The quantitative estimate of drug-likeness (QED) is 0.731. The lowest BCUT2D eigenvalue weighted by molar-refractivity contribution is -0.125. The minimum atomic E-state index is 0.0174. The maximum atomic E-state index is 12.7. The molecule has 3 aromatic rings.